The van der Waals surface area contributed by atoms with Crippen molar-refractivity contribution in [1.29, 1.82) is 0 Å². The molecular weight excluding hydrogens is 314 g/mol. The summed E-state index contributed by atoms with van der Waals surface area (Å²) in [6.07, 6.45) is 12.5. The first-order chi connectivity index (χ1) is 12.3. The van der Waals surface area contributed by atoms with Crippen molar-refractivity contribution in [1.82, 2.24) is 14.7 Å². The summed E-state index contributed by atoms with van der Waals surface area (Å²) in [5.41, 5.74) is 3.51. The van der Waals surface area contributed by atoms with E-state index < -0.39 is 0 Å². The standard InChI is InChI=1S/C20H29N3O2/c1-25-14-18-13-22(20(24)16-8-4-5-9-16)12-17-10-21-23(19(17)18)11-15-6-2-3-7-15/h8,10,15,18H,2-7,9,11-14H2,1H3/t18-/m0/s1. The van der Waals surface area contributed by atoms with E-state index in [1.165, 1.54) is 36.9 Å². The fourth-order valence-electron chi connectivity index (χ4n) is 4.79. The monoisotopic (exact) mass is 343 g/mol. The Bertz CT molecular complexity index is 658. The average molecular weight is 343 g/mol. The van der Waals surface area contributed by atoms with E-state index in [0.29, 0.717) is 13.2 Å². The van der Waals surface area contributed by atoms with Crippen LogP contribution < -0.4 is 0 Å². The molecule has 2 heterocycles. The summed E-state index contributed by atoms with van der Waals surface area (Å²) >= 11 is 0. The molecule has 0 unspecified atom stereocenters. The average Bonchev–Trinajstić information content (AvgIpc) is 3.37. The predicted octanol–water partition coefficient (Wildman–Crippen LogP) is 3.26. The molecular formula is C20H29N3O2. The maximum atomic E-state index is 12.8. The van der Waals surface area contributed by atoms with Gasteiger partial charge in [0, 0.05) is 43.8 Å². The molecule has 1 aromatic rings. The lowest BCUT2D eigenvalue weighted by molar-refractivity contribution is -0.128. The second kappa shape index (κ2) is 7.32. The van der Waals surface area contributed by atoms with E-state index in [1.807, 2.05) is 11.1 Å². The summed E-state index contributed by atoms with van der Waals surface area (Å²) in [6.45, 7) is 3.10. The highest BCUT2D eigenvalue weighted by Gasteiger charge is 2.33. The number of nitrogens with zero attached hydrogens (tertiary/aromatic N) is 3. The zero-order valence-corrected chi connectivity index (χ0v) is 15.2. The van der Waals surface area contributed by atoms with E-state index in [4.69, 9.17) is 9.84 Å². The third kappa shape index (κ3) is 3.39. The summed E-state index contributed by atoms with van der Waals surface area (Å²) < 4.78 is 7.71. The van der Waals surface area contributed by atoms with Gasteiger partial charge in [0.25, 0.3) is 0 Å². The Kier molecular flexibility index (Phi) is 4.93. The van der Waals surface area contributed by atoms with Gasteiger partial charge in [0.1, 0.15) is 0 Å². The maximum absolute atomic E-state index is 12.8. The van der Waals surface area contributed by atoms with Gasteiger partial charge in [0.2, 0.25) is 5.91 Å². The lowest BCUT2D eigenvalue weighted by atomic mass is 9.95. The molecule has 0 saturated heterocycles. The Balaban J connectivity index is 1.55. The Morgan fingerprint density at radius 1 is 1.32 bits per heavy atom. The van der Waals surface area contributed by atoms with Crippen molar-refractivity contribution in [2.75, 3.05) is 20.3 Å². The van der Waals surface area contributed by atoms with Crippen LogP contribution in [0.2, 0.25) is 0 Å². The molecule has 3 aliphatic rings. The zero-order valence-electron chi connectivity index (χ0n) is 15.2. The quantitative estimate of drug-likeness (QED) is 0.824. The second-order valence-electron chi connectivity index (χ2n) is 7.85. The zero-order chi connectivity index (χ0) is 17.2. The van der Waals surface area contributed by atoms with Crippen molar-refractivity contribution in [3.8, 4) is 0 Å². The number of ether oxygens (including phenoxy) is 1. The molecule has 0 radical (unpaired) electrons. The molecule has 1 atom stereocenters. The highest BCUT2D eigenvalue weighted by Crippen LogP contribution is 2.33. The number of amides is 1. The summed E-state index contributed by atoms with van der Waals surface area (Å²) in [5.74, 6) is 1.20. The minimum absolute atomic E-state index is 0.216. The van der Waals surface area contributed by atoms with Crippen LogP contribution in [0.4, 0.5) is 0 Å². The Morgan fingerprint density at radius 3 is 2.88 bits per heavy atom. The fraction of sp³-hybridized carbons (Fsp3) is 0.700. The lowest BCUT2D eigenvalue weighted by Gasteiger charge is -2.34. The minimum Gasteiger partial charge on any atom is -0.384 e. The van der Waals surface area contributed by atoms with E-state index in [9.17, 15) is 4.79 Å². The summed E-state index contributed by atoms with van der Waals surface area (Å²) in [7, 11) is 1.75. The minimum atomic E-state index is 0.216. The second-order valence-corrected chi connectivity index (χ2v) is 7.85. The smallest absolute Gasteiger partial charge is 0.249 e. The number of rotatable bonds is 5. The van der Waals surface area contributed by atoms with Crippen LogP contribution in [0.5, 0.6) is 0 Å². The molecule has 1 aliphatic heterocycles. The highest BCUT2D eigenvalue weighted by atomic mass is 16.5. The van der Waals surface area contributed by atoms with Gasteiger partial charge in [0.05, 0.1) is 18.5 Å². The van der Waals surface area contributed by atoms with Crippen molar-refractivity contribution >= 4 is 5.91 Å². The molecule has 2 aliphatic carbocycles. The molecule has 5 heteroatoms. The maximum Gasteiger partial charge on any atom is 0.249 e. The van der Waals surface area contributed by atoms with Gasteiger partial charge < -0.3 is 9.64 Å². The van der Waals surface area contributed by atoms with Crippen LogP contribution in [0.3, 0.4) is 0 Å². The molecule has 0 aromatic carbocycles. The molecule has 4 rings (SSSR count). The Morgan fingerprint density at radius 2 is 2.16 bits per heavy atom. The highest BCUT2D eigenvalue weighted by molar-refractivity contribution is 5.94. The number of allylic oxidation sites excluding steroid dienone is 1. The molecule has 5 nitrogen and oxygen atoms in total. The van der Waals surface area contributed by atoms with Gasteiger partial charge in [-0.15, -0.1) is 0 Å². The first kappa shape index (κ1) is 16.8. The molecule has 1 amide bonds. The predicted molar refractivity (Wildman–Crippen MR) is 96.2 cm³/mol. The summed E-state index contributed by atoms with van der Waals surface area (Å²) in [4.78, 5) is 14.8. The van der Waals surface area contributed by atoms with Crippen LogP contribution in [0.25, 0.3) is 0 Å². The van der Waals surface area contributed by atoms with E-state index in [2.05, 4.69) is 10.8 Å². The topological polar surface area (TPSA) is 47.4 Å². The van der Waals surface area contributed by atoms with Crippen LogP contribution in [0.15, 0.2) is 17.8 Å². The van der Waals surface area contributed by atoms with Gasteiger partial charge in [-0.25, -0.2) is 0 Å². The van der Waals surface area contributed by atoms with Crippen molar-refractivity contribution in [3.63, 3.8) is 0 Å². The number of carbonyl (C=O) groups excluding carboxylic acids is 1. The van der Waals surface area contributed by atoms with Crippen LogP contribution in [0, 0.1) is 5.92 Å². The Hall–Kier alpha value is -1.62. The first-order valence-electron chi connectivity index (χ1n) is 9.78. The number of carbonyl (C=O) groups is 1. The van der Waals surface area contributed by atoms with E-state index in [0.717, 1.165) is 43.8 Å². The molecule has 25 heavy (non-hydrogen) atoms. The van der Waals surface area contributed by atoms with Gasteiger partial charge in [-0.05, 0) is 38.0 Å². The van der Waals surface area contributed by atoms with Gasteiger partial charge in [0.15, 0.2) is 0 Å². The van der Waals surface area contributed by atoms with Crippen molar-refractivity contribution in [2.24, 2.45) is 5.92 Å². The molecule has 1 saturated carbocycles. The van der Waals surface area contributed by atoms with Crippen LogP contribution >= 0.6 is 0 Å². The number of aromatic nitrogens is 2. The van der Waals surface area contributed by atoms with Crippen LogP contribution in [-0.2, 0) is 22.6 Å². The number of hydrogen-bond donors (Lipinski definition) is 0. The van der Waals surface area contributed by atoms with E-state index in [1.54, 1.807) is 7.11 Å². The van der Waals surface area contributed by atoms with E-state index >= 15 is 0 Å². The van der Waals surface area contributed by atoms with Crippen LogP contribution in [0.1, 0.15) is 62.1 Å². The molecule has 0 N–H and O–H groups in total. The lowest BCUT2D eigenvalue weighted by Crippen LogP contribution is -2.40. The molecule has 136 valence electrons. The van der Waals surface area contributed by atoms with Gasteiger partial charge >= 0.3 is 0 Å². The number of hydrogen-bond acceptors (Lipinski definition) is 3. The fourth-order valence-corrected chi connectivity index (χ4v) is 4.79. The SMILES string of the molecule is COC[C@@H]1CN(C(=O)C2=CCCC2)Cc2cnn(CC3CCCC3)c21. The van der Waals surface area contributed by atoms with Gasteiger partial charge in [-0.1, -0.05) is 18.9 Å². The number of methoxy groups -OCH3 is 1. The number of fused-ring (bicyclic) bond motifs is 1. The molecule has 0 spiro atoms. The van der Waals surface area contributed by atoms with Gasteiger partial charge in [-0.2, -0.15) is 5.10 Å². The van der Waals surface area contributed by atoms with Crippen LogP contribution in [-0.4, -0.2) is 40.8 Å². The molecule has 1 aromatic heterocycles. The normalized spacial score (nSPS) is 23.8. The Labute approximate surface area is 150 Å². The van der Waals surface area contributed by atoms with Gasteiger partial charge in [-0.3, -0.25) is 9.48 Å². The summed E-state index contributed by atoms with van der Waals surface area (Å²) in [5, 5.41) is 4.69. The third-order valence-corrected chi connectivity index (χ3v) is 6.03. The molecule has 1 fully saturated rings. The summed E-state index contributed by atoms with van der Waals surface area (Å²) in [6, 6.07) is 0. The van der Waals surface area contributed by atoms with E-state index in [-0.39, 0.29) is 11.8 Å². The van der Waals surface area contributed by atoms with Crippen molar-refractivity contribution in [2.45, 2.75) is 64.0 Å². The molecule has 0 bridgehead atoms. The van der Waals surface area contributed by atoms with Crippen molar-refractivity contribution < 1.29 is 9.53 Å². The van der Waals surface area contributed by atoms with Crippen molar-refractivity contribution in [3.05, 3.63) is 29.1 Å². The largest absolute Gasteiger partial charge is 0.384 e. The third-order valence-electron chi connectivity index (χ3n) is 6.03. The first-order valence-corrected chi connectivity index (χ1v) is 9.78.